The topological polar surface area (TPSA) is 86.2 Å². The van der Waals surface area contributed by atoms with Crippen LogP contribution in [0.2, 0.25) is 0 Å². The van der Waals surface area contributed by atoms with Crippen LogP contribution in [-0.2, 0) is 0 Å². The van der Waals surface area contributed by atoms with Crippen molar-refractivity contribution in [3.8, 4) is 17.2 Å². The van der Waals surface area contributed by atoms with E-state index in [4.69, 9.17) is 9.47 Å². The Hall–Kier alpha value is -4.28. The minimum Gasteiger partial charge on any atom is -0.492 e. The molecule has 0 saturated carbocycles. The SMILES string of the molecule is O=C(Nc1cc(F)c(Oc2ccnc3cc(OCCCF)cnc23)c(F)c1)c1cnccc1F. The number of halogens is 4. The van der Waals surface area contributed by atoms with Crippen molar-refractivity contribution >= 4 is 22.6 Å². The van der Waals surface area contributed by atoms with E-state index in [0.717, 1.165) is 30.6 Å². The fraction of sp³-hybridized carbons (Fsp3) is 0.130. The number of fused-ring (bicyclic) bond motifs is 1. The minimum absolute atomic E-state index is 0.0207. The third-order valence-electron chi connectivity index (χ3n) is 4.54. The maximum absolute atomic E-state index is 14.7. The van der Waals surface area contributed by atoms with Crippen LogP contribution in [0.5, 0.6) is 17.2 Å². The van der Waals surface area contributed by atoms with Gasteiger partial charge in [-0.3, -0.25) is 19.2 Å². The Balaban J connectivity index is 1.56. The summed E-state index contributed by atoms with van der Waals surface area (Å²) in [4.78, 5) is 24.1. The Morgan fingerprint density at radius 3 is 2.50 bits per heavy atom. The zero-order valence-electron chi connectivity index (χ0n) is 17.4. The Labute approximate surface area is 190 Å². The van der Waals surface area contributed by atoms with Gasteiger partial charge in [-0.25, -0.2) is 18.2 Å². The van der Waals surface area contributed by atoms with Crippen LogP contribution in [-0.4, -0.2) is 34.1 Å². The average molecular weight is 472 g/mol. The maximum atomic E-state index is 14.7. The van der Waals surface area contributed by atoms with E-state index >= 15 is 0 Å². The van der Waals surface area contributed by atoms with Crippen molar-refractivity contribution in [2.24, 2.45) is 0 Å². The van der Waals surface area contributed by atoms with Crippen LogP contribution in [0.4, 0.5) is 23.2 Å². The Morgan fingerprint density at radius 1 is 0.971 bits per heavy atom. The van der Waals surface area contributed by atoms with E-state index in [1.165, 1.54) is 24.5 Å². The summed E-state index contributed by atoms with van der Waals surface area (Å²) in [6.07, 6.45) is 5.10. The van der Waals surface area contributed by atoms with Gasteiger partial charge in [-0.05, 0) is 6.07 Å². The number of aromatic nitrogens is 3. The van der Waals surface area contributed by atoms with Crippen molar-refractivity contribution in [3.63, 3.8) is 0 Å². The number of rotatable bonds is 8. The van der Waals surface area contributed by atoms with Gasteiger partial charge >= 0.3 is 0 Å². The number of nitrogens with one attached hydrogen (secondary N) is 1. The minimum atomic E-state index is -1.11. The molecule has 0 aliphatic carbocycles. The number of hydrogen-bond donors (Lipinski definition) is 1. The molecular formula is C23H16F4N4O3. The summed E-state index contributed by atoms with van der Waals surface area (Å²) in [6, 6.07) is 5.56. The zero-order chi connectivity index (χ0) is 24.1. The molecule has 3 heterocycles. The summed E-state index contributed by atoms with van der Waals surface area (Å²) in [5, 5.41) is 2.21. The second-order valence-electron chi connectivity index (χ2n) is 6.92. The molecule has 0 saturated heterocycles. The highest BCUT2D eigenvalue weighted by atomic mass is 19.1. The van der Waals surface area contributed by atoms with E-state index in [9.17, 15) is 22.4 Å². The number of nitrogens with zero attached hydrogens (tertiary/aromatic N) is 3. The van der Waals surface area contributed by atoms with Crippen molar-refractivity contribution in [1.29, 1.82) is 0 Å². The molecule has 34 heavy (non-hydrogen) atoms. The number of benzene rings is 1. The number of carbonyl (C=O) groups is 1. The van der Waals surface area contributed by atoms with Gasteiger partial charge in [-0.1, -0.05) is 0 Å². The monoisotopic (exact) mass is 472 g/mol. The molecule has 0 bridgehead atoms. The Bertz CT molecular complexity index is 1330. The van der Waals surface area contributed by atoms with Crippen LogP contribution < -0.4 is 14.8 Å². The van der Waals surface area contributed by atoms with Gasteiger partial charge in [0.2, 0.25) is 0 Å². The standard InChI is InChI=1S/C23H16F4N4O3/c24-4-1-7-33-14-10-19-21(30-11-14)20(3-6-29-19)34-22-17(26)8-13(9-18(22)27)31-23(32)15-12-28-5-2-16(15)25/h2-3,5-6,8-12H,1,4,7H2,(H,31,32). The van der Waals surface area contributed by atoms with Crippen LogP contribution in [0.25, 0.3) is 11.0 Å². The van der Waals surface area contributed by atoms with Crippen molar-refractivity contribution in [1.82, 2.24) is 15.0 Å². The smallest absolute Gasteiger partial charge is 0.260 e. The van der Waals surface area contributed by atoms with Crippen molar-refractivity contribution in [2.75, 3.05) is 18.6 Å². The van der Waals surface area contributed by atoms with Crippen LogP contribution in [0, 0.1) is 17.5 Å². The van der Waals surface area contributed by atoms with Gasteiger partial charge < -0.3 is 14.8 Å². The highest BCUT2D eigenvalue weighted by Gasteiger charge is 2.18. The first-order chi connectivity index (χ1) is 16.5. The lowest BCUT2D eigenvalue weighted by Gasteiger charge is -2.12. The van der Waals surface area contributed by atoms with Gasteiger partial charge in [-0.15, -0.1) is 0 Å². The summed E-state index contributed by atoms with van der Waals surface area (Å²) in [7, 11) is 0. The second kappa shape index (κ2) is 10.1. The number of carbonyl (C=O) groups excluding carboxylic acids is 1. The lowest BCUT2D eigenvalue weighted by molar-refractivity contribution is 0.102. The summed E-state index contributed by atoms with van der Waals surface area (Å²) in [6.45, 7) is -0.357. The first-order valence-electron chi connectivity index (χ1n) is 9.97. The first kappa shape index (κ1) is 22.9. The quantitative estimate of drug-likeness (QED) is 0.279. The van der Waals surface area contributed by atoms with E-state index in [1.807, 2.05) is 0 Å². The fourth-order valence-corrected chi connectivity index (χ4v) is 2.98. The predicted molar refractivity (Wildman–Crippen MR) is 114 cm³/mol. The van der Waals surface area contributed by atoms with Crippen LogP contribution in [0.3, 0.4) is 0 Å². The van der Waals surface area contributed by atoms with Crippen LogP contribution in [0.15, 0.2) is 55.1 Å². The first-order valence-corrected chi connectivity index (χ1v) is 9.97. The molecule has 0 spiro atoms. The lowest BCUT2D eigenvalue weighted by atomic mass is 10.2. The molecule has 1 N–H and O–H groups in total. The molecule has 7 nitrogen and oxygen atoms in total. The van der Waals surface area contributed by atoms with Gasteiger partial charge in [0.25, 0.3) is 5.91 Å². The normalized spacial score (nSPS) is 10.8. The summed E-state index contributed by atoms with van der Waals surface area (Å²) in [5.74, 6) is -4.34. The third-order valence-corrected chi connectivity index (χ3v) is 4.54. The molecule has 11 heteroatoms. The molecule has 1 amide bonds. The molecule has 3 aromatic heterocycles. The van der Waals surface area contributed by atoms with Gasteiger partial charge in [0, 0.05) is 55.0 Å². The molecule has 1 aromatic carbocycles. The van der Waals surface area contributed by atoms with E-state index in [0.29, 0.717) is 11.3 Å². The van der Waals surface area contributed by atoms with E-state index in [2.05, 4.69) is 20.3 Å². The third kappa shape index (κ3) is 5.03. The molecule has 174 valence electrons. The molecule has 0 fully saturated rings. The number of anilines is 1. The number of amides is 1. The van der Waals surface area contributed by atoms with Crippen LogP contribution in [0.1, 0.15) is 16.8 Å². The molecular weight excluding hydrogens is 456 g/mol. The zero-order valence-corrected chi connectivity index (χ0v) is 17.4. The fourth-order valence-electron chi connectivity index (χ4n) is 2.98. The molecule has 0 aliphatic heterocycles. The van der Waals surface area contributed by atoms with Crippen molar-refractivity contribution < 1.29 is 31.8 Å². The number of pyridine rings is 3. The maximum Gasteiger partial charge on any atom is 0.260 e. The largest absolute Gasteiger partial charge is 0.492 e. The Morgan fingerprint density at radius 2 is 1.76 bits per heavy atom. The van der Waals surface area contributed by atoms with E-state index in [-0.39, 0.29) is 35.5 Å². The Kier molecular flexibility index (Phi) is 6.81. The highest BCUT2D eigenvalue weighted by molar-refractivity contribution is 6.04. The number of alkyl halides is 1. The lowest BCUT2D eigenvalue weighted by Crippen LogP contribution is -2.14. The van der Waals surface area contributed by atoms with E-state index < -0.39 is 35.8 Å². The molecule has 0 radical (unpaired) electrons. The van der Waals surface area contributed by atoms with Gasteiger partial charge in [0.15, 0.2) is 23.1 Å². The van der Waals surface area contributed by atoms with Crippen molar-refractivity contribution in [2.45, 2.75) is 6.42 Å². The van der Waals surface area contributed by atoms with E-state index in [1.54, 1.807) is 0 Å². The van der Waals surface area contributed by atoms with Gasteiger partial charge in [-0.2, -0.15) is 0 Å². The highest BCUT2D eigenvalue weighted by Crippen LogP contribution is 2.33. The number of hydrogen-bond acceptors (Lipinski definition) is 6. The average Bonchev–Trinajstić information content (AvgIpc) is 2.81. The van der Waals surface area contributed by atoms with Gasteiger partial charge in [0.05, 0.1) is 30.6 Å². The number of ether oxygens (including phenoxy) is 2. The summed E-state index contributed by atoms with van der Waals surface area (Å²) in [5.41, 5.74) is -0.0866. The summed E-state index contributed by atoms with van der Waals surface area (Å²) < 4.78 is 66.1. The molecule has 0 aliphatic rings. The van der Waals surface area contributed by atoms with Gasteiger partial charge in [0.1, 0.15) is 17.1 Å². The second-order valence-corrected chi connectivity index (χ2v) is 6.92. The van der Waals surface area contributed by atoms with Crippen LogP contribution >= 0.6 is 0 Å². The molecule has 4 aromatic rings. The summed E-state index contributed by atoms with van der Waals surface area (Å²) >= 11 is 0. The predicted octanol–water partition coefficient (Wildman–Crippen LogP) is 5.23. The molecule has 4 rings (SSSR count). The van der Waals surface area contributed by atoms with Crippen molar-refractivity contribution in [3.05, 3.63) is 78.1 Å². The molecule has 0 unspecified atom stereocenters. The molecule has 0 atom stereocenters.